The van der Waals surface area contributed by atoms with Crippen molar-refractivity contribution in [2.24, 2.45) is 5.73 Å². The fourth-order valence-electron chi connectivity index (χ4n) is 1.93. The molecule has 0 spiro atoms. The number of carbonyl (C=O) groups is 1. The van der Waals surface area contributed by atoms with Crippen LogP contribution in [0.2, 0.25) is 0 Å². The molecule has 1 heterocycles. The van der Waals surface area contributed by atoms with E-state index in [0.29, 0.717) is 6.42 Å². The molecule has 1 amide bonds. The smallest absolute Gasteiger partial charge is 0.228 e. The molecule has 1 aliphatic heterocycles. The largest absolute Gasteiger partial charge is 0.328 e. The van der Waals surface area contributed by atoms with Crippen LogP contribution in [0.5, 0.6) is 0 Å². The van der Waals surface area contributed by atoms with E-state index in [1.54, 1.807) is 0 Å². The number of hydrogen-bond donors (Lipinski definition) is 2. The highest BCUT2D eigenvalue weighted by molar-refractivity contribution is 5.99. The first-order valence-corrected chi connectivity index (χ1v) is 6.00. The second-order valence-corrected chi connectivity index (χ2v) is 4.60. The van der Waals surface area contributed by atoms with E-state index in [9.17, 15) is 4.79 Å². The van der Waals surface area contributed by atoms with E-state index in [4.69, 9.17) is 5.73 Å². The molecule has 1 aromatic rings. The van der Waals surface area contributed by atoms with Crippen molar-refractivity contribution in [2.45, 2.75) is 32.2 Å². The number of anilines is 1. The molecule has 0 aliphatic carbocycles. The van der Waals surface area contributed by atoms with Gasteiger partial charge in [-0.1, -0.05) is 18.2 Å². The molecule has 1 aliphatic rings. The molecule has 0 radical (unpaired) electrons. The van der Waals surface area contributed by atoms with Gasteiger partial charge in [-0.05, 0) is 43.0 Å². The Hall–Kier alpha value is -1.61. The molecule has 0 bridgehead atoms. The lowest BCUT2D eigenvalue weighted by Crippen LogP contribution is -2.13. The van der Waals surface area contributed by atoms with Gasteiger partial charge in [-0.25, -0.2) is 0 Å². The summed E-state index contributed by atoms with van der Waals surface area (Å²) >= 11 is 0. The van der Waals surface area contributed by atoms with Crippen LogP contribution in [-0.2, 0) is 11.2 Å². The predicted molar refractivity (Wildman–Crippen MR) is 70.7 cm³/mol. The zero-order valence-corrected chi connectivity index (χ0v) is 10.1. The van der Waals surface area contributed by atoms with Gasteiger partial charge in [0.1, 0.15) is 0 Å². The monoisotopic (exact) mass is 230 g/mol. The van der Waals surface area contributed by atoms with Crippen LogP contribution in [0.1, 0.15) is 30.9 Å². The van der Waals surface area contributed by atoms with Crippen LogP contribution in [0.3, 0.4) is 0 Å². The normalized spacial score (nSPS) is 16.0. The molecule has 0 saturated carbocycles. The SMILES string of the molecule is CC(N)CC/C=C/c1ccc2c(c1)CC(=O)N2. The lowest BCUT2D eigenvalue weighted by Gasteiger charge is -2.01. The average Bonchev–Trinajstić information content (AvgIpc) is 2.63. The number of amides is 1. The minimum atomic E-state index is 0.0816. The third kappa shape index (κ3) is 3.17. The van der Waals surface area contributed by atoms with E-state index in [0.717, 1.165) is 29.7 Å². The molecule has 1 unspecified atom stereocenters. The van der Waals surface area contributed by atoms with Crippen LogP contribution in [-0.4, -0.2) is 11.9 Å². The Morgan fingerprint density at radius 2 is 2.35 bits per heavy atom. The fraction of sp³-hybridized carbons (Fsp3) is 0.357. The molecule has 0 aromatic heterocycles. The van der Waals surface area contributed by atoms with Gasteiger partial charge in [0.2, 0.25) is 5.91 Å². The quantitative estimate of drug-likeness (QED) is 0.834. The summed E-state index contributed by atoms with van der Waals surface area (Å²) in [6.45, 7) is 2.01. The van der Waals surface area contributed by atoms with Gasteiger partial charge in [-0.3, -0.25) is 4.79 Å². The Labute approximate surface area is 102 Å². The number of fused-ring (bicyclic) bond motifs is 1. The summed E-state index contributed by atoms with van der Waals surface area (Å²) in [6, 6.07) is 6.30. The zero-order chi connectivity index (χ0) is 12.3. The Kier molecular flexibility index (Phi) is 3.59. The maximum Gasteiger partial charge on any atom is 0.228 e. The van der Waals surface area contributed by atoms with Gasteiger partial charge in [0, 0.05) is 11.7 Å². The molecule has 3 nitrogen and oxygen atoms in total. The molecule has 2 rings (SSSR count). The van der Waals surface area contributed by atoms with Crippen molar-refractivity contribution in [1.82, 2.24) is 0 Å². The molecule has 0 fully saturated rings. The van der Waals surface area contributed by atoms with Gasteiger partial charge < -0.3 is 11.1 Å². The van der Waals surface area contributed by atoms with Gasteiger partial charge in [0.15, 0.2) is 0 Å². The highest BCUT2D eigenvalue weighted by Gasteiger charge is 2.16. The van der Waals surface area contributed by atoms with E-state index >= 15 is 0 Å². The number of nitrogens with one attached hydrogen (secondary N) is 1. The van der Waals surface area contributed by atoms with Crippen LogP contribution in [0.25, 0.3) is 6.08 Å². The number of hydrogen-bond acceptors (Lipinski definition) is 2. The summed E-state index contributed by atoms with van der Waals surface area (Å²) in [5, 5.41) is 2.83. The molecule has 3 heteroatoms. The predicted octanol–water partition coefficient (Wildman–Crippen LogP) is 2.32. The maximum atomic E-state index is 11.2. The number of rotatable bonds is 4. The van der Waals surface area contributed by atoms with E-state index in [1.807, 2.05) is 19.1 Å². The maximum absolute atomic E-state index is 11.2. The highest BCUT2D eigenvalue weighted by atomic mass is 16.1. The van der Waals surface area contributed by atoms with Crippen molar-refractivity contribution >= 4 is 17.7 Å². The molecule has 3 N–H and O–H groups in total. The Morgan fingerprint density at radius 3 is 3.12 bits per heavy atom. The first-order chi connectivity index (χ1) is 8.15. The Morgan fingerprint density at radius 1 is 1.53 bits per heavy atom. The van der Waals surface area contributed by atoms with Gasteiger partial charge >= 0.3 is 0 Å². The van der Waals surface area contributed by atoms with Gasteiger partial charge in [0.05, 0.1) is 6.42 Å². The van der Waals surface area contributed by atoms with E-state index in [1.165, 1.54) is 0 Å². The highest BCUT2D eigenvalue weighted by Crippen LogP contribution is 2.24. The minimum absolute atomic E-state index is 0.0816. The lowest BCUT2D eigenvalue weighted by atomic mass is 10.1. The topological polar surface area (TPSA) is 55.1 Å². The van der Waals surface area contributed by atoms with E-state index < -0.39 is 0 Å². The summed E-state index contributed by atoms with van der Waals surface area (Å²) in [4.78, 5) is 11.2. The molecule has 1 atom stereocenters. The van der Waals surface area contributed by atoms with Gasteiger partial charge in [-0.2, -0.15) is 0 Å². The average molecular weight is 230 g/mol. The first kappa shape index (κ1) is 11.9. The van der Waals surface area contributed by atoms with Crippen molar-refractivity contribution in [2.75, 3.05) is 5.32 Å². The van der Waals surface area contributed by atoms with Gasteiger partial charge in [0.25, 0.3) is 0 Å². The van der Waals surface area contributed by atoms with Crippen molar-refractivity contribution in [1.29, 1.82) is 0 Å². The summed E-state index contributed by atoms with van der Waals surface area (Å²) in [7, 11) is 0. The Balaban J connectivity index is 1.99. The summed E-state index contributed by atoms with van der Waals surface area (Å²) < 4.78 is 0. The Bertz CT molecular complexity index is 450. The van der Waals surface area contributed by atoms with Crippen molar-refractivity contribution < 1.29 is 4.79 Å². The molecule has 17 heavy (non-hydrogen) atoms. The number of nitrogens with two attached hydrogens (primary N) is 1. The molecule has 90 valence electrons. The van der Waals surface area contributed by atoms with Crippen LogP contribution < -0.4 is 11.1 Å². The zero-order valence-electron chi connectivity index (χ0n) is 10.1. The van der Waals surface area contributed by atoms with E-state index in [-0.39, 0.29) is 11.9 Å². The second kappa shape index (κ2) is 5.15. The lowest BCUT2D eigenvalue weighted by molar-refractivity contribution is -0.115. The minimum Gasteiger partial charge on any atom is -0.328 e. The molecule has 0 saturated heterocycles. The van der Waals surface area contributed by atoms with Crippen LogP contribution in [0, 0.1) is 0 Å². The number of allylic oxidation sites excluding steroid dienone is 1. The number of carbonyl (C=O) groups excluding carboxylic acids is 1. The second-order valence-electron chi connectivity index (χ2n) is 4.60. The van der Waals surface area contributed by atoms with E-state index in [2.05, 4.69) is 23.5 Å². The van der Waals surface area contributed by atoms with Gasteiger partial charge in [-0.15, -0.1) is 0 Å². The molecular weight excluding hydrogens is 212 g/mol. The van der Waals surface area contributed by atoms with Crippen LogP contribution in [0.4, 0.5) is 5.69 Å². The van der Waals surface area contributed by atoms with Crippen molar-refractivity contribution in [3.05, 3.63) is 35.4 Å². The molecule has 1 aromatic carbocycles. The summed E-state index contributed by atoms with van der Waals surface area (Å²) in [6.07, 6.45) is 6.71. The standard InChI is InChI=1S/C14H18N2O/c1-10(15)4-2-3-5-11-6-7-13-12(8-11)9-14(17)16-13/h3,5-8,10H,2,4,9,15H2,1H3,(H,16,17)/b5-3+. The first-order valence-electron chi connectivity index (χ1n) is 6.00. The number of benzene rings is 1. The van der Waals surface area contributed by atoms with Crippen molar-refractivity contribution in [3.8, 4) is 0 Å². The summed E-state index contributed by atoms with van der Waals surface area (Å²) in [5.41, 5.74) is 8.86. The summed E-state index contributed by atoms with van der Waals surface area (Å²) in [5.74, 6) is 0.0816. The van der Waals surface area contributed by atoms with Crippen molar-refractivity contribution in [3.63, 3.8) is 0 Å². The van der Waals surface area contributed by atoms with Crippen LogP contribution >= 0.6 is 0 Å². The fourth-order valence-corrected chi connectivity index (χ4v) is 1.93. The molecular formula is C14H18N2O. The third-order valence-electron chi connectivity index (χ3n) is 2.85. The van der Waals surface area contributed by atoms with Crippen LogP contribution in [0.15, 0.2) is 24.3 Å². The third-order valence-corrected chi connectivity index (χ3v) is 2.85.